The standard InChI is InChI=1S/2C15H30O2S.2C4H9.Sn/c2*1-2-3-4-5-6-7-8-9-10-11-12-14(13-18)15(16)17;2*1-3-4-2;/h2*14,18H,2-13H2,1H3,(H,16,17);2*1,3-4H2,2H3;/q;;;;+2/p-2. The van der Waals surface area contributed by atoms with Crippen LogP contribution in [0.3, 0.4) is 0 Å². The fraction of sp³-hybridized carbons (Fsp3) is 0.947. The number of hydrogen-bond donors (Lipinski definition) is 2. The van der Waals surface area contributed by atoms with Crippen LogP contribution in [0.1, 0.15) is 195 Å². The van der Waals surface area contributed by atoms with E-state index in [4.69, 9.17) is 6.15 Å². The van der Waals surface area contributed by atoms with Crippen LogP contribution in [0.25, 0.3) is 0 Å². The van der Waals surface area contributed by atoms with Crippen LogP contribution in [-0.2, 0) is 15.7 Å². The van der Waals surface area contributed by atoms with Gasteiger partial charge >= 0.3 is 259 Å². The van der Waals surface area contributed by atoms with Crippen LogP contribution >= 0.6 is 25.3 Å². The Morgan fingerprint density at radius 3 is 0.978 bits per heavy atom. The Kier molecular flexibility index (Phi) is 33.3. The summed E-state index contributed by atoms with van der Waals surface area (Å²) in [5.41, 5.74) is 0. The molecule has 268 valence electrons. The minimum Gasteiger partial charge on any atom is -0.0654 e. The van der Waals surface area contributed by atoms with E-state index in [-0.39, 0.29) is 23.8 Å². The molecule has 0 fully saturated rings. The van der Waals surface area contributed by atoms with Gasteiger partial charge < -0.3 is 0 Å². The second-order valence-corrected chi connectivity index (χ2v) is 23.6. The van der Waals surface area contributed by atoms with Crippen LogP contribution in [0.2, 0.25) is 8.87 Å². The summed E-state index contributed by atoms with van der Waals surface area (Å²) < 4.78 is 14.4. The third-order valence-corrected chi connectivity index (χ3v) is 19.8. The number of carbonyl (C=O) groups excluding carboxylic acids is 2. The summed E-state index contributed by atoms with van der Waals surface area (Å²) in [6, 6.07) is 0. The molecule has 0 saturated carbocycles. The molecule has 7 heteroatoms. The van der Waals surface area contributed by atoms with Gasteiger partial charge in [0.05, 0.1) is 0 Å². The molecule has 0 aliphatic carbocycles. The van der Waals surface area contributed by atoms with Crippen molar-refractivity contribution >= 4 is 56.4 Å². The van der Waals surface area contributed by atoms with Gasteiger partial charge in [-0.1, -0.05) is 39.5 Å². The van der Waals surface area contributed by atoms with Crippen molar-refractivity contribution in [3.63, 3.8) is 0 Å². The van der Waals surface area contributed by atoms with E-state index in [1.165, 1.54) is 103 Å². The Labute approximate surface area is 297 Å². The van der Waals surface area contributed by atoms with Crippen molar-refractivity contribution in [3.8, 4) is 0 Å². The van der Waals surface area contributed by atoms with Crippen LogP contribution in [0, 0.1) is 11.8 Å². The zero-order valence-corrected chi connectivity index (χ0v) is 35.0. The van der Waals surface area contributed by atoms with Gasteiger partial charge in [0.15, 0.2) is 0 Å². The molecular weight excluding hydrogens is 703 g/mol. The average Bonchev–Trinajstić information content (AvgIpc) is 3.04. The van der Waals surface area contributed by atoms with Crippen molar-refractivity contribution in [2.45, 2.75) is 204 Å². The molecule has 0 N–H and O–H groups in total. The summed E-state index contributed by atoms with van der Waals surface area (Å²) in [6.45, 7) is 8.84. The second-order valence-electron chi connectivity index (χ2n) is 13.7. The number of hydrogen-bond acceptors (Lipinski definition) is 6. The number of unbranched alkanes of at least 4 members (excludes halogenated alkanes) is 20. The fourth-order valence-electron chi connectivity index (χ4n) is 6.10. The number of thiol groups is 2. The molecule has 0 aromatic rings. The Balaban J connectivity index is 4.94. The predicted octanol–water partition coefficient (Wildman–Crippen LogP) is 12.8. The summed E-state index contributed by atoms with van der Waals surface area (Å²) in [4.78, 5) is 27.1. The summed E-state index contributed by atoms with van der Waals surface area (Å²) in [5, 5.41) is 0. The van der Waals surface area contributed by atoms with Crippen molar-refractivity contribution < 1.29 is 15.7 Å². The maximum atomic E-state index is 13.6. The van der Waals surface area contributed by atoms with Gasteiger partial charge in [-0.15, -0.1) is 0 Å². The third kappa shape index (κ3) is 25.1. The molecular formula is C38H76O4S2Sn. The first-order valence-corrected chi connectivity index (χ1v) is 27.2. The number of carbonyl (C=O) groups is 2. The Bertz CT molecular complexity index is 622. The van der Waals surface area contributed by atoms with Gasteiger partial charge in [0.1, 0.15) is 0 Å². The van der Waals surface area contributed by atoms with Gasteiger partial charge in [0.2, 0.25) is 0 Å². The van der Waals surface area contributed by atoms with Gasteiger partial charge in [0, 0.05) is 0 Å². The molecule has 0 amide bonds. The smallest absolute Gasteiger partial charge is 0.0654 e. The molecule has 0 saturated heterocycles. The van der Waals surface area contributed by atoms with Crippen molar-refractivity contribution in [3.05, 3.63) is 0 Å². The molecule has 2 atom stereocenters. The molecule has 0 spiro atoms. The Hall–Kier alpha value is 0.439. The van der Waals surface area contributed by atoms with E-state index < -0.39 is 19.2 Å². The molecule has 4 nitrogen and oxygen atoms in total. The molecule has 0 aliphatic heterocycles. The maximum absolute atomic E-state index is 13.6. The van der Waals surface area contributed by atoms with Gasteiger partial charge in [-0.05, 0) is 0 Å². The first-order valence-electron chi connectivity index (χ1n) is 19.6. The molecule has 0 bridgehead atoms. The van der Waals surface area contributed by atoms with E-state index in [9.17, 15) is 9.59 Å². The molecule has 2 unspecified atom stereocenters. The normalized spacial score (nSPS) is 13.1. The molecule has 0 aromatic heterocycles. The number of rotatable bonds is 34. The van der Waals surface area contributed by atoms with E-state index in [0.717, 1.165) is 73.1 Å². The third-order valence-electron chi connectivity index (χ3n) is 9.32. The summed E-state index contributed by atoms with van der Waals surface area (Å²) in [6.07, 6.45) is 31.1. The Morgan fingerprint density at radius 2 is 0.711 bits per heavy atom. The van der Waals surface area contributed by atoms with Crippen LogP contribution in [0.15, 0.2) is 0 Å². The van der Waals surface area contributed by atoms with Gasteiger partial charge in [0.25, 0.3) is 0 Å². The summed E-state index contributed by atoms with van der Waals surface area (Å²) in [7, 11) is 0. The van der Waals surface area contributed by atoms with Gasteiger partial charge in [-0.25, -0.2) is 0 Å². The molecule has 0 aromatic carbocycles. The zero-order chi connectivity index (χ0) is 33.4. The fourth-order valence-corrected chi connectivity index (χ4v) is 16.9. The monoisotopic (exact) mass is 780 g/mol. The van der Waals surface area contributed by atoms with Crippen molar-refractivity contribution in [1.29, 1.82) is 0 Å². The quantitative estimate of drug-likeness (QED) is 0.0388. The van der Waals surface area contributed by atoms with Crippen LogP contribution in [0.5, 0.6) is 0 Å². The molecule has 0 radical (unpaired) electrons. The average molecular weight is 780 g/mol. The first-order chi connectivity index (χ1) is 21.9. The summed E-state index contributed by atoms with van der Waals surface area (Å²) in [5.74, 6) is 0.236. The van der Waals surface area contributed by atoms with Crippen molar-refractivity contribution in [1.82, 2.24) is 0 Å². The summed E-state index contributed by atoms with van der Waals surface area (Å²) >= 11 is 5.11. The van der Waals surface area contributed by atoms with Gasteiger partial charge in [-0.3, -0.25) is 0 Å². The van der Waals surface area contributed by atoms with E-state index >= 15 is 0 Å². The minimum absolute atomic E-state index is 0.158. The van der Waals surface area contributed by atoms with Gasteiger partial charge in [-0.2, -0.15) is 0 Å². The molecule has 45 heavy (non-hydrogen) atoms. The molecule has 0 aliphatic rings. The first kappa shape index (κ1) is 45.4. The zero-order valence-electron chi connectivity index (χ0n) is 30.4. The second kappa shape index (κ2) is 33.0. The van der Waals surface area contributed by atoms with Crippen molar-refractivity contribution in [2.75, 3.05) is 11.5 Å². The van der Waals surface area contributed by atoms with Crippen LogP contribution in [0.4, 0.5) is 0 Å². The predicted molar refractivity (Wildman–Crippen MR) is 205 cm³/mol. The molecule has 0 heterocycles. The topological polar surface area (TPSA) is 52.6 Å². The van der Waals surface area contributed by atoms with Crippen LogP contribution < -0.4 is 0 Å². The van der Waals surface area contributed by atoms with Crippen LogP contribution in [-0.4, -0.2) is 42.6 Å². The Morgan fingerprint density at radius 1 is 0.444 bits per heavy atom. The van der Waals surface area contributed by atoms with Crippen molar-refractivity contribution in [2.24, 2.45) is 11.8 Å². The molecule has 0 rings (SSSR count). The van der Waals surface area contributed by atoms with E-state index in [1.54, 1.807) is 0 Å². The van der Waals surface area contributed by atoms with E-state index in [0.29, 0.717) is 11.5 Å². The van der Waals surface area contributed by atoms with E-state index in [2.05, 4.69) is 53.0 Å². The minimum atomic E-state index is -4.00. The van der Waals surface area contributed by atoms with E-state index in [1.807, 2.05) is 0 Å². The SMILES string of the molecule is CCCCCCCCCCCCC(CS)C(=O)[O][Sn]([CH2]CCC)([CH2]CCC)[O]C(=O)C(CS)CCCCCCCCCCCC.